The van der Waals surface area contributed by atoms with Crippen molar-refractivity contribution in [1.29, 1.82) is 0 Å². The standard InChI is InChI=1S/C17H15N3O8S2/c1-8-4-9-5-11(29(23,24)25)7-14(30(26,27)28)15(9)17(22)16(8)20-19-12-3-2-10(18)6-13(12)21/h2-7,21-22H,18H2,1H3,(H,23,24,25)(H,26,27,28). The number of rotatable bonds is 4. The SMILES string of the molecule is Cc1cc2cc(S(=O)(=O)O)cc(S(=O)(=O)O)c2c(O)c1N=Nc1ccc(N)cc1O. The van der Waals surface area contributed by atoms with Crippen LogP contribution in [-0.4, -0.2) is 36.2 Å². The molecule has 13 heteroatoms. The van der Waals surface area contributed by atoms with Crippen molar-refractivity contribution in [3.63, 3.8) is 0 Å². The van der Waals surface area contributed by atoms with Gasteiger partial charge in [-0.1, -0.05) is 0 Å². The van der Waals surface area contributed by atoms with E-state index in [4.69, 9.17) is 5.73 Å². The molecule has 0 aliphatic rings. The molecule has 0 fully saturated rings. The van der Waals surface area contributed by atoms with Crippen molar-refractivity contribution >= 4 is 48.1 Å². The zero-order chi connectivity index (χ0) is 22.4. The molecule has 0 saturated heterocycles. The number of phenolic OH excluding ortho intramolecular Hbond substituents is 2. The minimum absolute atomic E-state index is 0.0137. The van der Waals surface area contributed by atoms with Gasteiger partial charge in [-0.3, -0.25) is 9.11 Å². The van der Waals surface area contributed by atoms with Crippen molar-refractivity contribution in [3.05, 3.63) is 42.0 Å². The summed E-state index contributed by atoms with van der Waals surface area (Å²) in [7, 11) is -9.81. The maximum Gasteiger partial charge on any atom is 0.295 e. The molecule has 0 aliphatic carbocycles. The lowest BCUT2D eigenvalue weighted by atomic mass is 10.0. The Kier molecular flexibility index (Phi) is 5.16. The molecular formula is C17H15N3O8S2. The molecule has 0 bridgehead atoms. The van der Waals surface area contributed by atoms with Gasteiger partial charge in [0.1, 0.15) is 22.0 Å². The molecule has 0 heterocycles. The molecule has 0 atom stereocenters. The van der Waals surface area contributed by atoms with E-state index in [1.807, 2.05) is 0 Å². The van der Waals surface area contributed by atoms with Crippen molar-refractivity contribution in [2.45, 2.75) is 16.7 Å². The third kappa shape index (κ3) is 4.04. The molecule has 0 radical (unpaired) electrons. The van der Waals surface area contributed by atoms with E-state index in [2.05, 4.69) is 10.2 Å². The van der Waals surface area contributed by atoms with E-state index in [9.17, 15) is 36.2 Å². The molecule has 0 spiro atoms. The fraction of sp³-hybridized carbons (Fsp3) is 0.0588. The molecule has 6 N–H and O–H groups in total. The van der Waals surface area contributed by atoms with Crippen molar-refractivity contribution < 1.29 is 36.2 Å². The first-order valence-electron chi connectivity index (χ1n) is 8.04. The predicted molar refractivity (Wildman–Crippen MR) is 107 cm³/mol. The van der Waals surface area contributed by atoms with E-state index in [1.54, 1.807) is 0 Å². The normalized spacial score (nSPS) is 12.6. The third-order valence-electron chi connectivity index (χ3n) is 4.15. The lowest BCUT2D eigenvalue weighted by Crippen LogP contribution is -2.04. The van der Waals surface area contributed by atoms with Crippen LogP contribution in [0.5, 0.6) is 11.5 Å². The van der Waals surface area contributed by atoms with Crippen LogP contribution in [0.4, 0.5) is 17.1 Å². The van der Waals surface area contributed by atoms with E-state index in [-0.39, 0.29) is 33.8 Å². The number of benzene rings is 3. The van der Waals surface area contributed by atoms with Gasteiger partial charge in [-0.15, -0.1) is 10.2 Å². The van der Waals surface area contributed by atoms with Gasteiger partial charge in [0.05, 0.1) is 4.90 Å². The quantitative estimate of drug-likeness (QED) is 0.223. The zero-order valence-corrected chi connectivity index (χ0v) is 16.8. The van der Waals surface area contributed by atoms with E-state index < -0.39 is 41.2 Å². The molecule has 0 amide bonds. The first-order valence-corrected chi connectivity index (χ1v) is 10.9. The molecule has 3 aromatic rings. The second kappa shape index (κ2) is 7.21. The van der Waals surface area contributed by atoms with Gasteiger partial charge in [-0.05, 0) is 48.2 Å². The predicted octanol–water partition coefficient (Wildman–Crippen LogP) is 3.05. The Balaban J connectivity index is 2.32. The van der Waals surface area contributed by atoms with Gasteiger partial charge in [0.15, 0.2) is 5.75 Å². The van der Waals surface area contributed by atoms with Crippen molar-refractivity contribution in [1.82, 2.24) is 0 Å². The molecule has 3 aromatic carbocycles. The number of aryl methyl sites for hydroxylation is 1. The monoisotopic (exact) mass is 453 g/mol. The molecule has 11 nitrogen and oxygen atoms in total. The molecule has 30 heavy (non-hydrogen) atoms. The van der Waals surface area contributed by atoms with Gasteiger partial charge in [-0.2, -0.15) is 16.8 Å². The number of hydrogen-bond donors (Lipinski definition) is 5. The number of azo groups is 1. The van der Waals surface area contributed by atoms with Crippen molar-refractivity contribution in [3.8, 4) is 11.5 Å². The fourth-order valence-corrected chi connectivity index (χ4v) is 4.16. The number of nitrogens with zero attached hydrogens (tertiary/aromatic N) is 2. The minimum atomic E-state index is -5.00. The largest absolute Gasteiger partial charge is 0.506 e. The van der Waals surface area contributed by atoms with Gasteiger partial charge in [-0.25, -0.2) is 0 Å². The Morgan fingerprint density at radius 1 is 0.900 bits per heavy atom. The first kappa shape index (κ1) is 21.4. The Hall–Kier alpha value is -3.26. The van der Waals surface area contributed by atoms with Crippen LogP contribution in [0.3, 0.4) is 0 Å². The Morgan fingerprint density at radius 2 is 1.57 bits per heavy atom. The maximum absolute atomic E-state index is 11.8. The maximum atomic E-state index is 11.8. The van der Waals surface area contributed by atoms with Gasteiger partial charge < -0.3 is 15.9 Å². The molecule has 0 saturated carbocycles. The second-order valence-electron chi connectivity index (χ2n) is 6.31. The fourth-order valence-electron chi connectivity index (χ4n) is 2.79. The minimum Gasteiger partial charge on any atom is -0.506 e. The Morgan fingerprint density at radius 3 is 2.13 bits per heavy atom. The Bertz CT molecular complexity index is 1430. The van der Waals surface area contributed by atoms with Gasteiger partial charge >= 0.3 is 0 Å². The average molecular weight is 453 g/mol. The number of nitrogens with two attached hydrogens (primary N) is 1. The van der Waals surface area contributed by atoms with Crippen LogP contribution in [0, 0.1) is 6.92 Å². The molecule has 0 aromatic heterocycles. The topological polar surface area (TPSA) is 200 Å². The van der Waals surface area contributed by atoms with Crippen LogP contribution >= 0.6 is 0 Å². The summed E-state index contributed by atoms with van der Waals surface area (Å²) in [5.74, 6) is -0.994. The highest BCUT2D eigenvalue weighted by Gasteiger charge is 2.24. The highest BCUT2D eigenvalue weighted by molar-refractivity contribution is 7.86. The Labute approximate surface area is 170 Å². The van der Waals surface area contributed by atoms with Crippen LogP contribution in [0.25, 0.3) is 10.8 Å². The van der Waals surface area contributed by atoms with Crippen LogP contribution in [-0.2, 0) is 20.2 Å². The number of aromatic hydroxyl groups is 2. The average Bonchev–Trinajstić information content (AvgIpc) is 2.60. The molecule has 0 aliphatic heterocycles. The summed E-state index contributed by atoms with van der Waals surface area (Å²) in [5.41, 5.74) is 5.89. The van der Waals surface area contributed by atoms with E-state index >= 15 is 0 Å². The smallest absolute Gasteiger partial charge is 0.295 e. The second-order valence-corrected chi connectivity index (χ2v) is 9.12. The van der Waals surface area contributed by atoms with Crippen molar-refractivity contribution in [2.75, 3.05) is 5.73 Å². The summed E-state index contributed by atoms with van der Waals surface area (Å²) in [6.45, 7) is 1.48. The summed E-state index contributed by atoms with van der Waals surface area (Å²) in [6, 6.07) is 6.77. The summed E-state index contributed by atoms with van der Waals surface area (Å²) in [6.07, 6.45) is 0. The van der Waals surface area contributed by atoms with Crippen LogP contribution < -0.4 is 5.73 Å². The van der Waals surface area contributed by atoms with Crippen molar-refractivity contribution in [2.24, 2.45) is 10.2 Å². The summed E-state index contributed by atoms with van der Waals surface area (Å²) in [5, 5.41) is 27.6. The number of fused-ring (bicyclic) bond motifs is 1. The highest BCUT2D eigenvalue weighted by Crippen LogP contribution is 2.43. The molecular weight excluding hydrogens is 438 g/mol. The van der Waals surface area contributed by atoms with Gasteiger partial charge in [0.25, 0.3) is 20.2 Å². The number of anilines is 1. The first-order chi connectivity index (χ1) is 13.8. The third-order valence-corrected chi connectivity index (χ3v) is 5.86. The lowest BCUT2D eigenvalue weighted by Gasteiger charge is -2.12. The van der Waals surface area contributed by atoms with Crippen LogP contribution in [0.1, 0.15) is 5.56 Å². The molecule has 158 valence electrons. The summed E-state index contributed by atoms with van der Waals surface area (Å²) < 4.78 is 65.3. The molecule has 0 unspecified atom stereocenters. The lowest BCUT2D eigenvalue weighted by molar-refractivity contribution is 0.473. The van der Waals surface area contributed by atoms with Gasteiger partial charge in [0, 0.05) is 17.1 Å². The number of phenols is 2. The van der Waals surface area contributed by atoms with E-state index in [0.29, 0.717) is 6.07 Å². The van der Waals surface area contributed by atoms with E-state index in [0.717, 1.165) is 6.07 Å². The van der Waals surface area contributed by atoms with Crippen LogP contribution in [0.15, 0.2) is 56.4 Å². The van der Waals surface area contributed by atoms with Gasteiger partial charge in [0.2, 0.25) is 0 Å². The zero-order valence-electron chi connectivity index (χ0n) is 15.2. The van der Waals surface area contributed by atoms with E-state index in [1.165, 1.54) is 31.2 Å². The summed E-state index contributed by atoms with van der Waals surface area (Å²) >= 11 is 0. The van der Waals surface area contributed by atoms with Crippen LogP contribution in [0.2, 0.25) is 0 Å². The number of hydrogen-bond acceptors (Lipinski definition) is 9. The number of nitrogen functional groups attached to an aromatic ring is 1. The summed E-state index contributed by atoms with van der Waals surface area (Å²) in [4.78, 5) is -1.74. The highest BCUT2D eigenvalue weighted by atomic mass is 32.2. The molecule has 3 rings (SSSR count).